The first-order valence-electron chi connectivity index (χ1n) is 9.04. The summed E-state index contributed by atoms with van der Waals surface area (Å²) in [4.78, 5) is 21.3. The van der Waals surface area contributed by atoms with E-state index in [1.165, 1.54) is 5.52 Å². The predicted molar refractivity (Wildman–Crippen MR) is 96.3 cm³/mol. The molecule has 0 radical (unpaired) electrons. The largest absolute Gasteiger partial charge is 0.447 e. The van der Waals surface area contributed by atoms with Crippen molar-refractivity contribution in [2.45, 2.75) is 44.8 Å². The number of nitrogens with zero attached hydrogens (tertiary/aromatic N) is 4. The van der Waals surface area contributed by atoms with Gasteiger partial charge in [0.15, 0.2) is 0 Å². The van der Waals surface area contributed by atoms with Crippen LogP contribution in [0.4, 0.5) is 4.79 Å². The summed E-state index contributed by atoms with van der Waals surface area (Å²) in [7, 11) is 2.08. The lowest BCUT2D eigenvalue weighted by molar-refractivity contribution is 0.0826. The van der Waals surface area contributed by atoms with Gasteiger partial charge >= 0.3 is 6.09 Å². The van der Waals surface area contributed by atoms with Crippen molar-refractivity contribution >= 4 is 17.1 Å². The SMILES string of the molecule is Cn1c(CN2CCC(N3C(=O)OCC3(C)C)CC2)nc2ccccc21. The third-order valence-corrected chi connectivity index (χ3v) is 5.56. The Morgan fingerprint density at radius 1 is 1.24 bits per heavy atom. The van der Waals surface area contributed by atoms with Gasteiger partial charge in [0.25, 0.3) is 0 Å². The second-order valence-corrected chi connectivity index (χ2v) is 7.82. The van der Waals surface area contributed by atoms with E-state index in [2.05, 4.69) is 48.6 Å². The van der Waals surface area contributed by atoms with Crippen LogP contribution in [0.3, 0.4) is 0 Å². The Morgan fingerprint density at radius 3 is 2.60 bits per heavy atom. The monoisotopic (exact) mass is 342 g/mol. The molecule has 0 aliphatic carbocycles. The van der Waals surface area contributed by atoms with Gasteiger partial charge in [-0.2, -0.15) is 0 Å². The number of rotatable bonds is 3. The summed E-state index contributed by atoms with van der Waals surface area (Å²) in [6.07, 6.45) is 1.82. The van der Waals surface area contributed by atoms with Gasteiger partial charge in [-0.3, -0.25) is 9.80 Å². The topological polar surface area (TPSA) is 50.6 Å². The van der Waals surface area contributed by atoms with Crippen LogP contribution in [0.25, 0.3) is 11.0 Å². The van der Waals surface area contributed by atoms with Crippen LogP contribution in [0.1, 0.15) is 32.5 Å². The van der Waals surface area contributed by atoms with Crippen LogP contribution in [0, 0.1) is 0 Å². The number of carbonyl (C=O) groups excluding carboxylic acids is 1. The Balaban J connectivity index is 1.42. The standard InChI is InChI=1S/C19H26N4O2/c1-19(2)13-25-18(24)23(19)14-8-10-22(11-9-14)12-17-20-15-6-4-5-7-16(15)21(17)3/h4-7,14H,8-13H2,1-3H3. The summed E-state index contributed by atoms with van der Waals surface area (Å²) < 4.78 is 7.45. The number of hydrogen-bond donors (Lipinski definition) is 0. The van der Waals surface area contributed by atoms with E-state index in [-0.39, 0.29) is 17.7 Å². The number of aryl methyl sites for hydroxylation is 1. The van der Waals surface area contributed by atoms with Crippen molar-refractivity contribution in [3.05, 3.63) is 30.1 Å². The van der Waals surface area contributed by atoms with Crippen molar-refractivity contribution in [1.29, 1.82) is 0 Å². The molecule has 1 amide bonds. The Kier molecular flexibility index (Phi) is 3.95. The highest BCUT2D eigenvalue weighted by molar-refractivity contribution is 5.75. The summed E-state index contributed by atoms with van der Waals surface area (Å²) in [6, 6.07) is 8.53. The Hall–Kier alpha value is -2.08. The average molecular weight is 342 g/mol. The summed E-state index contributed by atoms with van der Waals surface area (Å²) >= 11 is 0. The van der Waals surface area contributed by atoms with E-state index in [4.69, 9.17) is 9.72 Å². The van der Waals surface area contributed by atoms with Crippen LogP contribution in [0.15, 0.2) is 24.3 Å². The summed E-state index contributed by atoms with van der Waals surface area (Å²) in [5.41, 5.74) is 2.03. The van der Waals surface area contributed by atoms with Crippen molar-refractivity contribution in [1.82, 2.24) is 19.4 Å². The minimum absolute atomic E-state index is 0.154. The fourth-order valence-electron chi connectivity index (χ4n) is 4.14. The molecule has 0 atom stereocenters. The predicted octanol–water partition coefficient (Wildman–Crippen LogP) is 2.77. The van der Waals surface area contributed by atoms with Crippen LogP contribution in [0.5, 0.6) is 0 Å². The average Bonchev–Trinajstić information content (AvgIpc) is 3.05. The molecule has 2 aromatic rings. The van der Waals surface area contributed by atoms with Crippen LogP contribution in [0.2, 0.25) is 0 Å². The maximum Gasteiger partial charge on any atom is 0.410 e. The molecule has 25 heavy (non-hydrogen) atoms. The number of benzene rings is 1. The lowest BCUT2D eigenvalue weighted by atomic mass is 9.97. The molecule has 6 heteroatoms. The molecule has 0 spiro atoms. The minimum atomic E-state index is -0.193. The van der Waals surface area contributed by atoms with Gasteiger partial charge in [0, 0.05) is 26.2 Å². The molecule has 1 aromatic heterocycles. The molecule has 1 aromatic carbocycles. The number of imidazole rings is 1. The lowest BCUT2D eigenvalue weighted by Crippen LogP contribution is -2.52. The van der Waals surface area contributed by atoms with Crippen molar-refractivity contribution in [2.24, 2.45) is 7.05 Å². The molecule has 2 fully saturated rings. The zero-order valence-corrected chi connectivity index (χ0v) is 15.2. The van der Waals surface area contributed by atoms with E-state index in [1.807, 2.05) is 11.0 Å². The maximum atomic E-state index is 12.1. The molecule has 2 aliphatic rings. The smallest absolute Gasteiger partial charge is 0.410 e. The molecule has 134 valence electrons. The number of fused-ring (bicyclic) bond motifs is 1. The van der Waals surface area contributed by atoms with E-state index in [0.29, 0.717) is 6.61 Å². The number of piperidine rings is 1. The minimum Gasteiger partial charge on any atom is -0.447 e. The molecule has 2 saturated heterocycles. The lowest BCUT2D eigenvalue weighted by Gasteiger charge is -2.40. The molecule has 3 heterocycles. The molecular formula is C19H26N4O2. The number of para-hydroxylation sites is 2. The highest BCUT2D eigenvalue weighted by atomic mass is 16.6. The fourth-order valence-corrected chi connectivity index (χ4v) is 4.14. The number of likely N-dealkylation sites (tertiary alicyclic amines) is 1. The number of amides is 1. The van der Waals surface area contributed by atoms with E-state index >= 15 is 0 Å². The van der Waals surface area contributed by atoms with Crippen molar-refractivity contribution in [3.8, 4) is 0 Å². The third-order valence-electron chi connectivity index (χ3n) is 5.56. The summed E-state index contributed by atoms with van der Waals surface area (Å²) in [5.74, 6) is 1.10. The molecular weight excluding hydrogens is 316 g/mol. The molecule has 0 N–H and O–H groups in total. The molecule has 6 nitrogen and oxygen atoms in total. The molecule has 2 aliphatic heterocycles. The second kappa shape index (κ2) is 6.02. The number of hydrogen-bond acceptors (Lipinski definition) is 4. The van der Waals surface area contributed by atoms with Gasteiger partial charge in [-0.25, -0.2) is 9.78 Å². The van der Waals surface area contributed by atoms with E-state index < -0.39 is 0 Å². The van der Waals surface area contributed by atoms with Crippen LogP contribution in [-0.2, 0) is 18.3 Å². The fraction of sp³-hybridized carbons (Fsp3) is 0.579. The first-order valence-corrected chi connectivity index (χ1v) is 9.04. The Morgan fingerprint density at radius 2 is 1.96 bits per heavy atom. The summed E-state index contributed by atoms with van der Waals surface area (Å²) in [5, 5.41) is 0. The molecule has 0 bridgehead atoms. The highest BCUT2D eigenvalue weighted by Crippen LogP contribution is 2.30. The zero-order valence-electron chi connectivity index (χ0n) is 15.2. The molecule has 0 saturated carbocycles. The Labute approximate surface area is 148 Å². The first kappa shape index (κ1) is 16.4. The van der Waals surface area contributed by atoms with Crippen LogP contribution >= 0.6 is 0 Å². The van der Waals surface area contributed by atoms with E-state index in [0.717, 1.165) is 43.8 Å². The van der Waals surface area contributed by atoms with Gasteiger partial charge in [0.2, 0.25) is 0 Å². The third kappa shape index (κ3) is 2.88. The van der Waals surface area contributed by atoms with Crippen molar-refractivity contribution < 1.29 is 9.53 Å². The number of cyclic esters (lactones) is 1. The number of aromatic nitrogens is 2. The molecule has 4 rings (SSSR count). The second-order valence-electron chi connectivity index (χ2n) is 7.82. The maximum absolute atomic E-state index is 12.1. The van der Waals surface area contributed by atoms with Gasteiger partial charge in [-0.1, -0.05) is 12.1 Å². The van der Waals surface area contributed by atoms with Crippen LogP contribution < -0.4 is 0 Å². The normalized spacial score (nSPS) is 21.9. The van der Waals surface area contributed by atoms with E-state index in [9.17, 15) is 4.79 Å². The van der Waals surface area contributed by atoms with E-state index in [1.54, 1.807) is 0 Å². The van der Waals surface area contributed by atoms with Gasteiger partial charge in [0.05, 0.1) is 23.1 Å². The zero-order chi connectivity index (χ0) is 17.6. The number of carbonyl (C=O) groups is 1. The molecule has 0 unspecified atom stereocenters. The van der Waals surface area contributed by atoms with Crippen molar-refractivity contribution in [3.63, 3.8) is 0 Å². The number of ether oxygens (including phenoxy) is 1. The quantitative estimate of drug-likeness (QED) is 0.861. The van der Waals surface area contributed by atoms with Crippen molar-refractivity contribution in [2.75, 3.05) is 19.7 Å². The van der Waals surface area contributed by atoms with Gasteiger partial charge in [-0.15, -0.1) is 0 Å². The first-order chi connectivity index (χ1) is 12.0. The van der Waals surface area contributed by atoms with Gasteiger partial charge < -0.3 is 9.30 Å². The summed E-state index contributed by atoms with van der Waals surface area (Å²) in [6.45, 7) is 7.48. The Bertz CT molecular complexity index is 790. The van der Waals surface area contributed by atoms with Gasteiger partial charge in [0.1, 0.15) is 12.4 Å². The van der Waals surface area contributed by atoms with Gasteiger partial charge in [-0.05, 0) is 38.8 Å². The highest BCUT2D eigenvalue weighted by Gasteiger charge is 2.44. The van der Waals surface area contributed by atoms with Crippen LogP contribution in [-0.4, -0.2) is 56.7 Å².